The third-order valence-electron chi connectivity index (χ3n) is 2.83. The lowest BCUT2D eigenvalue weighted by molar-refractivity contribution is -0.137. The van der Waals surface area contributed by atoms with Crippen molar-refractivity contribution < 1.29 is 14.3 Å². The van der Waals surface area contributed by atoms with E-state index in [1.165, 1.54) is 0 Å². The molecule has 0 aliphatic carbocycles. The average Bonchev–Trinajstić information content (AvgIpc) is 2.75. The van der Waals surface area contributed by atoms with E-state index in [4.69, 9.17) is 9.47 Å². The number of carbonyl (C=O) groups excluding carboxylic acids is 1. The molecule has 1 saturated heterocycles. The number of hydrogen-bond donors (Lipinski definition) is 0. The Morgan fingerprint density at radius 1 is 1.47 bits per heavy atom. The van der Waals surface area contributed by atoms with Crippen molar-refractivity contribution in [3.05, 3.63) is 29.8 Å². The Kier molecular flexibility index (Phi) is 3.94. The summed E-state index contributed by atoms with van der Waals surface area (Å²) < 4.78 is 10.3. The molecule has 0 spiro atoms. The maximum Gasteiger partial charge on any atom is 0.319 e. The van der Waals surface area contributed by atoms with Crippen LogP contribution in [0.25, 0.3) is 0 Å². The van der Waals surface area contributed by atoms with Gasteiger partial charge in [0.05, 0.1) is 13.7 Å². The molecule has 1 aliphatic heterocycles. The second-order valence-electron chi connectivity index (χ2n) is 3.97. The number of esters is 1. The monoisotopic (exact) mass is 252 g/mol. The van der Waals surface area contributed by atoms with Crippen LogP contribution < -0.4 is 4.74 Å². The second-order valence-corrected chi connectivity index (χ2v) is 5.51. The highest BCUT2D eigenvalue weighted by atomic mass is 32.2. The first kappa shape index (κ1) is 12.3. The molecule has 92 valence electrons. The summed E-state index contributed by atoms with van der Waals surface area (Å²) in [5.41, 5.74) is 1.12. The molecule has 1 heterocycles. The highest BCUT2D eigenvalue weighted by Gasteiger charge is 2.29. The summed E-state index contributed by atoms with van der Waals surface area (Å²) in [6.07, 6.45) is 0.809. The summed E-state index contributed by atoms with van der Waals surface area (Å²) in [5.74, 6) is 0.788. The maximum absolute atomic E-state index is 11.4. The maximum atomic E-state index is 11.4. The van der Waals surface area contributed by atoms with Gasteiger partial charge in [0.2, 0.25) is 0 Å². The molecule has 2 rings (SSSR count). The molecule has 0 saturated carbocycles. The van der Waals surface area contributed by atoms with Gasteiger partial charge >= 0.3 is 5.97 Å². The molecule has 0 bridgehead atoms. The number of benzene rings is 1. The number of cyclic esters (lactones) is 1. The van der Waals surface area contributed by atoms with Crippen LogP contribution in [0.2, 0.25) is 0 Å². The Morgan fingerprint density at radius 3 is 2.88 bits per heavy atom. The molecular weight excluding hydrogens is 236 g/mol. The molecule has 0 radical (unpaired) electrons. The van der Waals surface area contributed by atoms with Crippen LogP contribution in [-0.4, -0.2) is 24.9 Å². The average molecular weight is 252 g/mol. The molecule has 0 aromatic heterocycles. The SMILES string of the molecule is COc1ccccc1[C@@H](C)S[C@@H]1CCOC1=O. The third-order valence-corrected chi connectivity index (χ3v) is 4.25. The summed E-state index contributed by atoms with van der Waals surface area (Å²) in [6.45, 7) is 2.64. The van der Waals surface area contributed by atoms with Crippen LogP contribution in [0.5, 0.6) is 5.75 Å². The number of thioether (sulfide) groups is 1. The van der Waals surface area contributed by atoms with Gasteiger partial charge in [-0.05, 0) is 13.0 Å². The molecule has 1 aromatic carbocycles. The number of rotatable bonds is 4. The van der Waals surface area contributed by atoms with Crippen LogP contribution in [0.15, 0.2) is 24.3 Å². The summed E-state index contributed by atoms with van der Waals surface area (Å²) in [5, 5.41) is 0.191. The number of hydrogen-bond acceptors (Lipinski definition) is 4. The molecule has 0 amide bonds. The quantitative estimate of drug-likeness (QED) is 0.772. The van der Waals surface area contributed by atoms with Crippen molar-refractivity contribution in [3.8, 4) is 5.75 Å². The summed E-state index contributed by atoms with van der Waals surface area (Å²) >= 11 is 1.64. The Labute approximate surface area is 105 Å². The molecule has 1 aliphatic rings. The number of ether oxygens (including phenoxy) is 2. The van der Waals surface area contributed by atoms with Crippen molar-refractivity contribution in [2.75, 3.05) is 13.7 Å². The third kappa shape index (κ3) is 2.75. The van der Waals surface area contributed by atoms with Crippen molar-refractivity contribution in [2.24, 2.45) is 0 Å². The van der Waals surface area contributed by atoms with Crippen molar-refractivity contribution in [1.29, 1.82) is 0 Å². The molecule has 0 N–H and O–H groups in total. The van der Waals surface area contributed by atoms with E-state index in [0.29, 0.717) is 6.61 Å². The van der Waals surface area contributed by atoms with Crippen molar-refractivity contribution in [1.82, 2.24) is 0 Å². The Hall–Kier alpha value is -1.16. The van der Waals surface area contributed by atoms with E-state index >= 15 is 0 Å². The molecular formula is C13H16O3S. The van der Waals surface area contributed by atoms with Gasteiger partial charge in [0.25, 0.3) is 0 Å². The van der Waals surface area contributed by atoms with Crippen LogP contribution in [0, 0.1) is 0 Å². The van der Waals surface area contributed by atoms with Crippen molar-refractivity contribution >= 4 is 17.7 Å². The zero-order valence-corrected chi connectivity index (χ0v) is 10.8. The van der Waals surface area contributed by atoms with E-state index < -0.39 is 0 Å². The Morgan fingerprint density at radius 2 is 2.24 bits per heavy atom. The predicted octanol–water partition coefficient (Wildman–Crippen LogP) is 2.80. The van der Waals surface area contributed by atoms with E-state index in [1.807, 2.05) is 24.3 Å². The largest absolute Gasteiger partial charge is 0.496 e. The molecule has 2 atom stereocenters. The van der Waals surface area contributed by atoms with Crippen LogP contribution in [0.3, 0.4) is 0 Å². The van der Waals surface area contributed by atoms with E-state index in [1.54, 1.807) is 18.9 Å². The summed E-state index contributed by atoms with van der Waals surface area (Å²) in [4.78, 5) is 11.4. The molecule has 0 unspecified atom stereocenters. The van der Waals surface area contributed by atoms with Gasteiger partial charge < -0.3 is 9.47 Å². The predicted molar refractivity (Wildman–Crippen MR) is 68.4 cm³/mol. The van der Waals surface area contributed by atoms with Gasteiger partial charge in [-0.15, -0.1) is 11.8 Å². The van der Waals surface area contributed by atoms with Gasteiger partial charge in [-0.2, -0.15) is 0 Å². The minimum Gasteiger partial charge on any atom is -0.496 e. The lowest BCUT2D eigenvalue weighted by atomic mass is 10.1. The highest BCUT2D eigenvalue weighted by molar-refractivity contribution is 8.00. The minimum absolute atomic E-state index is 0.0325. The molecule has 1 aromatic rings. The van der Waals surface area contributed by atoms with Gasteiger partial charge in [0.1, 0.15) is 11.0 Å². The van der Waals surface area contributed by atoms with Gasteiger partial charge in [0.15, 0.2) is 0 Å². The zero-order valence-electron chi connectivity index (χ0n) is 10.0. The molecule has 4 heteroatoms. The topological polar surface area (TPSA) is 35.5 Å². The van der Waals surface area contributed by atoms with E-state index in [0.717, 1.165) is 17.7 Å². The van der Waals surface area contributed by atoms with Gasteiger partial charge in [-0.25, -0.2) is 0 Å². The fourth-order valence-corrected chi connectivity index (χ4v) is 3.17. The Balaban J connectivity index is 2.08. The van der Waals surface area contributed by atoms with Crippen LogP contribution in [0.1, 0.15) is 24.2 Å². The van der Waals surface area contributed by atoms with Crippen molar-refractivity contribution in [2.45, 2.75) is 23.8 Å². The number of para-hydroxylation sites is 1. The highest BCUT2D eigenvalue weighted by Crippen LogP contribution is 2.39. The first-order valence-electron chi connectivity index (χ1n) is 5.67. The minimum atomic E-state index is -0.0863. The van der Waals surface area contributed by atoms with Gasteiger partial charge in [0, 0.05) is 17.2 Å². The van der Waals surface area contributed by atoms with Gasteiger partial charge in [-0.1, -0.05) is 18.2 Å². The first-order chi connectivity index (χ1) is 8.22. The first-order valence-corrected chi connectivity index (χ1v) is 6.61. The van der Waals surface area contributed by atoms with Crippen molar-refractivity contribution in [3.63, 3.8) is 0 Å². The fraction of sp³-hybridized carbons (Fsp3) is 0.462. The van der Waals surface area contributed by atoms with Crippen LogP contribution >= 0.6 is 11.8 Å². The van der Waals surface area contributed by atoms with Gasteiger partial charge in [-0.3, -0.25) is 4.79 Å². The number of carbonyl (C=O) groups is 1. The zero-order chi connectivity index (χ0) is 12.3. The molecule has 17 heavy (non-hydrogen) atoms. The summed E-state index contributed by atoms with van der Waals surface area (Å²) in [6, 6.07) is 7.92. The second kappa shape index (κ2) is 5.45. The normalized spacial score (nSPS) is 21.1. The van der Waals surface area contributed by atoms with E-state index in [-0.39, 0.29) is 16.5 Å². The van der Waals surface area contributed by atoms with E-state index in [2.05, 4.69) is 6.92 Å². The molecule has 1 fully saturated rings. The Bertz CT molecular complexity index is 405. The molecule has 3 nitrogen and oxygen atoms in total. The lowest BCUT2D eigenvalue weighted by Gasteiger charge is -2.17. The summed E-state index contributed by atoms with van der Waals surface area (Å²) in [7, 11) is 1.67. The van der Waals surface area contributed by atoms with Crippen LogP contribution in [-0.2, 0) is 9.53 Å². The van der Waals surface area contributed by atoms with Crippen LogP contribution in [0.4, 0.5) is 0 Å². The van der Waals surface area contributed by atoms with E-state index in [9.17, 15) is 4.79 Å². The smallest absolute Gasteiger partial charge is 0.319 e. The lowest BCUT2D eigenvalue weighted by Crippen LogP contribution is -2.11. The number of methoxy groups -OCH3 is 1. The standard InChI is InChI=1S/C13H16O3S/c1-9(17-12-7-8-16-13(12)14)10-5-3-4-6-11(10)15-2/h3-6,9,12H,7-8H2,1-2H3/t9-,12-/m1/s1. The fourth-order valence-electron chi connectivity index (χ4n) is 1.92.